The molecule has 0 radical (unpaired) electrons. The Morgan fingerprint density at radius 1 is 0.939 bits per heavy atom. The van der Waals surface area contributed by atoms with Crippen LogP contribution in [0.4, 0.5) is 0 Å². The Kier molecular flexibility index (Phi) is 4.16. The predicted octanol–water partition coefficient (Wildman–Crippen LogP) is 4.54. The Morgan fingerprint density at radius 3 is 2.61 bits per heavy atom. The first-order valence-corrected chi connectivity index (χ1v) is 10.5. The van der Waals surface area contributed by atoms with Crippen LogP contribution in [-0.2, 0) is 0 Å². The number of imidazole rings is 1. The van der Waals surface area contributed by atoms with Crippen molar-refractivity contribution in [3.63, 3.8) is 0 Å². The van der Waals surface area contributed by atoms with Crippen LogP contribution in [0.25, 0.3) is 33.5 Å². The van der Waals surface area contributed by atoms with E-state index in [4.69, 9.17) is 4.98 Å². The molecule has 5 aromatic rings. The van der Waals surface area contributed by atoms with Gasteiger partial charge in [-0.15, -0.1) is 0 Å². The van der Waals surface area contributed by atoms with E-state index in [2.05, 4.69) is 15.3 Å². The highest BCUT2D eigenvalue weighted by atomic mass is 16.3. The molecule has 4 N–H and O–H groups in total. The highest BCUT2D eigenvalue weighted by Gasteiger charge is 2.32. The number of H-pyrrole nitrogens is 1. The molecule has 0 saturated heterocycles. The van der Waals surface area contributed by atoms with Gasteiger partial charge in [0.25, 0.3) is 5.91 Å². The van der Waals surface area contributed by atoms with Gasteiger partial charge in [-0.05, 0) is 40.5 Å². The molecule has 0 bridgehead atoms. The fraction of sp³-hybridized carbons (Fsp3) is 0.0385. The predicted molar refractivity (Wildman–Crippen MR) is 124 cm³/mol. The Labute approximate surface area is 188 Å². The van der Waals surface area contributed by atoms with Crippen molar-refractivity contribution in [3.8, 4) is 34.0 Å². The smallest absolute Gasteiger partial charge is 0.255 e. The molecule has 2 heterocycles. The molecule has 0 aliphatic heterocycles. The van der Waals surface area contributed by atoms with Gasteiger partial charge in [-0.1, -0.05) is 42.5 Å². The highest BCUT2D eigenvalue weighted by molar-refractivity contribution is 5.99. The number of hydrogen-bond donors (Lipinski definition) is 4. The molecule has 1 aliphatic rings. The van der Waals surface area contributed by atoms with Gasteiger partial charge in [0.2, 0.25) is 0 Å². The fourth-order valence-corrected chi connectivity index (χ4v) is 4.51. The molecular weight excluding hydrogens is 416 g/mol. The maximum Gasteiger partial charge on any atom is 0.255 e. The van der Waals surface area contributed by atoms with Crippen molar-refractivity contribution in [1.82, 2.24) is 20.3 Å². The molecule has 0 saturated carbocycles. The number of rotatable bonds is 3. The number of phenolic OH excluding ortho intramolecular Hbond substituents is 2. The first-order chi connectivity index (χ1) is 16.1. The quantitative estimate of drug-likeness (QED) is 0.333. The summed E-state index contributed by atoms with van der Waals surface area (Å²) in [5.41, 5.74) is 6.63. The zero-order chi connectivity index (χ0) is 22.5. The number of nitrogens with zero attached hydrogens (tertiary/aromatic N) is 2. The van der Waals surface area contributed by atoms with E-state index < -0.39 is 11.9 Å². The molecule has 6 rings (SSSR count). The number of benzene rings is 3. The summed E-state index contributed by atoms with van der Waals surface area (Å²) in [6.07, 6.45) is 3.46. The summed E-state index contributed by atoms with van der Waals surface area (Å²) >= 11 is 0. The molecule has 0 unspecified atom stereocenters. The van der Waals surface area contributed by atoms with Crippen molar-refractivity contribution >= 4 is 16.9 Å². The molecule has 7 nitrogen and oxygen atoms in total. The number of nitrogens with one attached hydrogen (secondary N) is 2. The van der Waals surface area contributed by atoms with Crippen molar-refractivity contribution in [2.45, 2.75) is 6.04 Å². The number of aromatic nitrogens is 3. The normalized spacial score (nSPS) is 14.1. The number of aromatic hydroxyl groups is 2. The molecule has 3 aromatic carbocycles. The molecule has 33 heavy (non-hydrogen) atoms. The van der Waals surface area contributed by atoms with Gasteiger partial charge in [0.05, 0.1) is 28.8 Å². The van der Waals surface area contributed by atoms with Crippen LogP contribution in [-0.4, -0.2) is 31.1 Å². The van der Waals surface area contributed by atoms with E-state index in [9.17, 15) is 15.0 Å². The summed E-state index contributed by atoms with van der Waals surface area (Å²) in [4.78, 5) is 25.3. The van der Waals surface area contributed by atoms with E-state index in [1.807, 2.05) is 48.5 Å². The van der Waals surface area contributed by atoms with Gasteiger partial charge in [-0.2, -0.15) is 0 Å². The zero-order valence-electron chi connectivity index (χ0n) is 17.3. The van der Waals surface area contributed by atoms with E-state index in [-0.39, 0.29) is 17.1 Å². The van der Waals surface area contributed by atoms with Crippen molar-refractivity contribution in [2.24, 2.45) is 0 Å². The van der Waals surface area contributed by atoms with Gasteiger partial charge in [-0.3, -0.25) is 9.78 Å². The molecule has 1 amide bonds. The van der Waals surface area contributed by atoms with Crippen molar-refractivity contribution < 1.29 is 15.0 Å². The topological polar surface area (TPSA) is 111 Å². The Balaban J connectivity index is 1.47. The third-order valence-electron chi connectivity index (χ3n) is 5.99. The molecule has 0 spiro atoms. The second-order valence-corrected chi connectivity index (χ2v) is 7.94. The van der Waals surface area contributed by atoms with Crippen LogP contribution in [0.15, 0.2) is 79.1 Å². The van der Waals surface area contributed by atoms with E-state index >= 15 is 0 Å². The number of aromatic amines is 1. The van der Waals surface area contributed by atoms with Crippen molar-refractivity contribution in [1.29, 1.82) is 0 Å². The number of hydrogen-bond acceptors (Lipinski definition) is 5. The summed E-state index contributed by atoms with van der Waals surface area (Å²) in [7, 11) is 0. The van der Waals surface area contributed by atoms with Gasteiger partial charge in [0.15, 0.2) is 0 Å². The molecule has 7 heteroatoms. The van der Waals surface area contributed by atoms with Gasteiger partial charge < -0.3 is 20.5 Å². The average molecular weight is 434 g/mol. The van der Waals surface area contributed by atoms with Gasteiger partial charge >= 0.3 is 0 Å². The fourth-order valence-electron chi connectivity index (χ4n) is 4.51. The minimum Gasteiger partial charge on any atom is -0.508 e. The molecule has 0 fully saturated rings. The zero-order valence-corrected chi connectivity index (χ0v) is 17.3. The van der Waals surface area contributed by atoms with Crippen LogP contribution in [0.3, 0.4) is 0 Å². The van der Waals surface area contributed by atoms with Crippen molar-refractivity contribution in [2.75, 3.05) is 0 Å². The third kappa shape index (κ3) is 3.02. The van der Waals surface area contributed by atoms with Crippen LogP contribution in [0.1, 0.15) is 27.5 Å². The van der Waals surface area contributed by atoms with Crippen LogP contribution >= 0.6 is 0 Å². The van der Waals surface area contributed by atoms with Crippen LogP contribution in [0.2, 0.25) is 0 Å². The summed E-state index contributed by atoms with van der Waals surface area (Å²) in [5.74, 6) is -0.0805. The first kappa shape index (κ1) is 19.1. The molecule has 2 aromatic heterocycles. The molecule has 1 atom stereocenters. The highest BCUT2D eigenvalue weighted by Crippen LogP contribution is 2.47. The maximum absolute atomic E-state index is 13.0. The van der Waals surface area contributed by atoms with Crippen LogP contribution in [0, 0.1) is 0 Å². The SMILES string of the molecule is O=C(N[C@@H]1c2ccccc2-c2c(-c3nc4ccncc4[nH]3)cccc21)c1ccc(O)cc1O. The Bertz CT molecular complexity index is 1520. The van der Waals surface area contributed by atoms with Crippen LogP contribution in [0.5, 0.6) is 11.5 Å². The minimum atomic E-state index is -0.430. The monoisotopic (exact) mass is 434 g/mol. The Hall–Kier alpha value is -4.65. The first-order valence-electron chi connectivity index (χ1n) is 10.5. The van der Waals surface area contributed by atoms with Crippen molar-refractivity contribution in [3.05, 3.63) is 95.8 Å². The number of amides is 1. The minimum absolute atomic E-state index is 0.0969. The largest absolute Gasteiger partial charge is 0.508 e. The second kappa shape index (κ2) is 7.20. The standard InChI is InChI=1S/C26H18N4O3/c31-14-8-9-17(22(32)12-14)26(33)30-24-16-5-2-1-4-15(16)23-18(24)6-3-7-19(23)25-28-20-10-11-27-13-21(20)29-25/h1-13,24,31-32H,(H,28,29)(H,30,33)/t24-/m1/s1. The van der Waals surface area contributed by atoms with E-state index in [1.165, 1.54) is 12.1 Å². The maximum atomic E-state index is 13.0. The lowest BCUT2D eigenvalue weighted by Gasteiger charge is -2.17. The van der Waals surface area contributed by atoms with E-state index in [0.29, 0.717) is 0 Å². The molecule has 1 aliphatic carbocycles. The summed E-state index contributed by atoms with van der Waals surface area (Å²) in [5, 5.41) is 22.8. The summed E-state index contributed by atoms with van der Waals surface area (Å²) in [6, 6.07) is 19.3. The van der Waals surface area contributed by atoms with E-state index in [1.54, 1.807) is 12.4 Å². The van der Waals surface area contributed by atoms with Gasteiger partial charge in [0.1, 0.15) is 17.3 Å². The van der Waals surface area contributed by atoms with Crippen LogP contribution < -0.4 is 5.32 Å². The molecular formula is C26H18N4O3. The number of carbonyl (C=O) groups is 1. The number of pyridine rings is 1. The molecule has 160 valence electrons. The average Bonchev–Trinajstić information content (AvgIpc) is 3.39. The second-order valence-electron chi connectivity index (χ2n) is 7.94. The van der Waals surface area contributed by atoms with Gasteiger partial charge in [-0.25, -0.2) is 4.98 Å². The number of phenols is 2. The lowest BCUT2D eigenvalue weighted by molar-refractivity contribution is 0.0941. The summed E-state index contributed by atoms with van der Waals surface area (Å²) < 4.78 is 0. The third-order valence-corrected chi connectivity index (χ3v) is 5.99. The number of fused-ring (bicyclic) bond motifs is 4. The lowest BCUT2D eigenvalue weighted by Crippen LogP contribution is -2.28. The summed E-state index contributed by atoms with van der Waals surface area (Å²) in [6.45, 7) is 0. The van der Waals surface area contributed by atoms with E-state index in [0.717, 1.165) is 50.7 Å². The lowest BCUT2D eigenvalue weighted by atomic mass is 9.98. The number of carbonyl (C=O) groups excluding carboxylic acids is 1. The van der Waals surface area contributed by atoms with Gasteiger partial charge in [0, 0.05) is 17.8 Å². The Morgan fingerprint density at radius 2 is 1.76 bits per heavy atom.